The Morgan fingerprint density at radius 3 is 2.19 bits per heavy atom. The highest BCUT2D eigenvalue weighted by Crippen LogP contribution is 2.02. The molecule has 4 nitrogen and oxygen atoms in total. The molecule has 0 aromatic heterocycles. The first-order valence-corrected chi connectivity index (χ1v) is 5.97. The van der Waals surface area contributed by atoms with Crippen molar-refractivity contribution in [1.29, 1.82) is 5.26 Å². The number of nitriles is 1. The molecule has 0 aliphatic heterocycles. The SMILES string of the molecule is CC.CC.CCC(C#N)C(=O)OCCNC. The smallest absolute Gasteiger partial charge is 0.323 e. The average Bonchev–Trinajstić information content (AvgIpc) is 2.36. The van der Waals surface area contributed by atoms with Crippen LogP contribution in [0, 0.1) is 17.2 Å². The number of nitrogens with zero attached hydrogens (tertiary/aromatic N) is 1. The average molecular weight is 230 g/mol. The lowest BCUT2D eigenvalue weighted by atomic mass is 10.1. The van der Waals surface area contributed by atoms with Crippen LogP contribution in [0.3, 0.4) is 0 Å². The van der Waals surface area contributed by atoms with Gasteiger partial charge in [0.15, 0.2) is 0 Å². The van der Waals surface area contributed by atoms with Gasteiger partial charge < -0.3 is 10.1 Å². The van der Waals surface area contributed by atoms with Crippen LogP contribution in [0.15, 0.2) is 0 Å². The molecule has 0 aliphatic carbocycles. The maximum atomic E-state index is 11.0. The highest BCUT2D eigenvalue weighted by atomic mass is 16.5. The first-order valence-electron chi connectivity index (χ1n) is 5.97. The summed E-state index contributed by atoms with van der Waals surface area (Å²) in [6.07, 6.45) is 0.509. The van der Waals surface area contributed by atoms with E-state index in [9.17, 15) is 4.79 Å². The number of carbonyl (C=O) groups excluding carboxylic acids is 1. The molecule has 0 aromatic rings. The number of ether oxygens (including phenoxy) is 1. The highest BCUT2D eigenvalue weighted by molar-refractivity contribution is 5.75. The van der Waals surface area contributed by atoms with E-state index in [4.69, 9.17) is 10.00 Å². The normalized spacial score (nSPS) is 9.56. The first kappa shape index (κ1) is 20.3. The minimum Gasteiger partial charge on any atom is -0.463 e. The molecule has 0 saturated carbocycles. The van der Waals surface area contributed by atoms with E-state index in [1.54, 1.807) is 14.0 Å². The minimum atomic E-state index is -0.609. The second-order valence-electron chi connectivity index (χ2n) is 2.36. The van der Waals surface area contributed by atoms with E-state index in [2.05, 4.69) is 5.32 Å². The monoisotopic (exact) mass is 230 g/mol. The molecular weight excluding hydrogens is 204 g/mol. The number of hydrogen-bond acceptors (Lipinski definition) is 4. The number of esters is 1. The van der Waals surface area contributed by atoms with Crippen LogP contribution in [0.4, 0.5) is 0 Å². The molecule has 0 radical (unpaired) electrons. The number of carbonyl (C=O) groups is 1. The lowest BCUT2D eigenvalue weighted by molar-refractivity contribution is -0.146. The second-order valence-corrected chi connectivity index (χ2v) is 2.36. The predicted molar refractivity (Wildman–Crippen MR) is 67.0 cm³/mol. The van der Waals surface area contributed by atoms with Gasteiger partial charge in [0.2, 0.25) is 0 Å². The quantitative estimate of drug-likeness (QED) is 0.581. The molecule has 0 aromatic carbocycles. The molecule has 0 saturated heterocycles. The van der Waals surface area contributed by atoms with Gasteiger partial charge in [-0.3, -0.25) is 4.79 Å². The van der Waals surface area contributed by atoms with Crippen LogP contribution in [0.1, 0.15) is 41.0 Å². The highest BCUT2D eigenvalue weighted by Gasteiger charge is 2.16. The van der Waals surface area contributed by atoms with Gasteiger partial charge in [-0.25, -0.2) is 0 Å². The summed E-state index contributed by atoms with van der Waals surface area (Å²) >= 11 is 0. The van der Waals surface area contributed by atoms with Crippen molar-refractivity contribution in [3.63, 3.8) is 0 Å². The van der Waals surface area contributed by atoms with Crippen LogP contribution < -0.4 is 5.32 Å². The topological polar surface area (TPSA) is 62.1 Å². The molecule has 1 unspecified atom stereocenters. The number of nitrogens with one attached hydrogen (secondary N) is 1. The summed E-state index contributed by atoms with van der Waals surface area (Å²) in [5.74, 6) is -1.03. The van der Waals surface area contributed by atoms with Crippen LogP contribution in [0.25, 0.3) is 0 Å². The Balaban J connectivity index is -0.000000376. The summed E-state index contributed by atoms with van der Waals surface area (Å²) in [6.45, 7) is 10.7. The van der Waals surface area contributed by atoms with Crippen molar-refractivity contribution in [2.24, 2.45) is 5.92 Å². The van der Waals surface area contributed by atoms with Gasteiger partial charge in [-0.05, 0) is 13.5 Å². The van der Waals surface area contributed by atoms with Crippen molar-refractivity contribution in [3.8, 4) is 6.07 Å². The van der Waals surface area contributed by atoms with Crippen LogP contribution in [-0.2, 0) is 9.53 Å². The van der Waals surface area contributed by atoms with E-state index in [1.165, 1.54) is 0 Å². The number of rotatable bonds is 5. The molecule has 1 atom stereocenters. The molecule has 0 aliphatic rings. The molecule has 96 valence electrons. The molecule has 0 spiro atoms. The van der Waals surface area contributed by atoms with Crippen molar-refractivity contribution < 1.29 is 9.53 Å². The number of likely N-dealkylation sites (N-methyl/N-ethyl adjacent to an activating group) is 1. The fraction of sp³-hybridized carbons (Fsp3) is 0.833. The molecule has 0 fully saturated rings. The molecule has 0 amide bonds. The zero-order chi connectivity index (χ0) is 13.4. The van der Waals surface area contributed by atoms with E-state index >= 15 is 0 Å². The Morgan fingerprint density at radius 1 is 1.38 bits per heavy atom. The van der Waals surface area contributed by atoms with Crippen LogP contribution in [0.2, 0.25) is 0 Å². The van der Waals surface area contributed by atoms with Gasteiger partial charge in [-0.15, -0.1) is 0 Å². The van der Waals surface area contributed by atoms with E-state index in [0.717, 1.165) is 0 Å². The molecule has 1 N–H and O–H groups in total. The van der Waals surface area contributed by atoms with Crippen LogP contribution in [0.5, 0.6) is 0 Å². The molecule has 0 bridgehead atoms. The van der Waals surface area contributed by atoms with Gasteiger partial charge >= 0.3 is 5.97 Å². The zero-order valence-electron chi connectivity index (χ0n) is 11.5. The third-order valence-corrected chi connectivity index (χ3v) is 1.44. The van der Waals surface area contributed by atoms with Crippen molar-refractivity contribution in [2.75, 3.05) is 20.2 Å². The summed E-state index contributed by atoms with van der Waals surface area (Å²) in [5.41, 5.74) is 0. The Bertz CT molecular complexity index is 176. The molecule has 0 heterocycles. The van der Waals surface area contributed by atoms with Gasteiger partial charge in [0.1, 0.15) is 12.5 Å². The Labute approximate surface area is 100.0 Å². The maximum Gasteiger partial charge on any atom is 0.323 e. The lowest BCUT2D eigenvalue weighted by Gasteiger charge is -2.06. The van der Waals surface area contributed by atoms with Gasteiger partial charge in [0.05, 0.1) is 6.07 Å². The Morgan fingerprint density at radius 2 is 1.88 bits per heavy atom. The van der Waals surface area contributed by atoms with Crippen molar-refractivity contribution in [1.82, 2.24) is 5.32 Å². The Kier molecular flexibility index (Phi) is 24.8. The van der Waals surface area contributed by atoms with E-state index < -0.39 is 11.9 Å². The third-order valence-electron chi connectivity index (χ3n) is 1.44. The third kappa shape index (κ3) is 12.9. The maximum absolute atomic E-state index is 11.0. The standard InChI is InChI=1S/C8H14N2O2.2C2H6/c1-3-7(6-9)8(11)12-5-4-10-2;2*1-2/h7,10H,3-5H2,1-2H3;2*1-2H3. The van der Waals surface area contributed by atoms with E-state index in [-0.39, 0.29) is 0 Å². The second kappa shape index (κ2) is 19.5. The lowest BCUT2D eigenvalue weighted by Crippen LogP contribution is -2.21. The summed E-state index contributed by atoms with van der Waals surface area (Å²) < 4.78 is 4.80. The van der Waals surface area contributed by atoms with Gasteiger partial charge in [0, 0.05) is 6.54 Å². The van der Waals surface area contributed by atoms with E-state index in [1.807, 2.05) is 33.8 Å². The number of hydrogen-bond donors (Lipinski definition) is 1. The summed E-state index contributed by atoms with van der Waals surface area (Å²) in [6, 6.07) is 1.88. The van der Waals surface area contributed by atoms with Crippen molar-refractivity contribution in [2.45, 2.75) is 41.0 Å². The van der Waals surface area contributed by atoms with Crippen molar-refractivity contribution in [3.05, 3.63) is 0 Å². The van der Waals surface area contributed by atoms with Crippen molar-refractivity contribution >= 4 is 5.97 Å². The van der Waals surface area contributed by atoms with Gasteiger partial charge in [-0.1, -0.05) is 34.6 Å². The summed E-state index contributed by atoms with van der Waals surface area (Å²) in [4.78, 5) is 11.0. The molecule has 4 heteroatoms. The van der Waals surface area contributed by atoms with Crippen LogP contribution in [-0.4, -0.2) is 26.2 Å². The molecule has 0 rings (SSSR count). The predicted octanol–water partition coefficient (Wildman–Crippen LogP) is 2.35. The zero-order valence-corrected chi connectivity index (χ0v) is 11.5. The Hall–Kier alpha value is -1.08. The van der Waals surface area contributed by atoms with Gasteiger partial charge in [0.25, 0.3) is 0 Å². The molecular formula is C12H26N2O2. The van der Waals surface area contributed by atoms with E-state index in [0.29, 0.717) is 19.6 Å². The largest absolute Gasteiger partial charge is 0.463 e. The van der Waals surface area contributed by atoms with Gasteiger partial charge in [-0.2, -0.15) is 5.26 Å². The minimum absolute atomic E-state index is 0.327. The summed E-state index contributed by atoms with van der Waals surface area (Å²) in [7, 11) is 1.77. The fourth-order valence-electron chi connectivity index (χ4n) is 0.665. The fourth-order valence-corrected chi connectivity index (χ4v) is 0.665. The first-order chi connectivity index (χ1) is 7.76. The molecule has 16 heavy (non-hydrogen) atoms. The van der Waals surface area contributed by atoms with Crippen LogP contribution >= 0.6 is 0 Å². The summed E-state index contributed by atoms with van der Waals surface area (Å²) in [5, 5.41) is 11.3.